The number of rotatable bonds is 8. The summed E-state index contributed by atoms with van der Waals surface area (Å²) < 4.78 is 32.5. The van der Waals surface area contributed by atoms with E-state index in [0.717, 1.165) is 18.4 Å². The van der Waals surface area contributed by atoms with Gasteiger partial charge < -0.3 is 15.0 Å². The first kappa shape index (κ1) is 25.5. The van der Waals surface area contributed by atoms with Gasteiger partial charge in [-0.1, -0.05) is 24.3 Å². The van der Waals surface area contributed by atoms with E-state index in [1.165, 1.54) is 23.1 Å². The van der Waals surface area contributed by atoms with Crippen LogP contribution < -0.4 is 10.0 Å². The number of hydrogen-bond donors (Lipinski definition) is 2. The summed E-state index contributed by atoms with van der Waals surface area (Å²) in [6.45, 7) is 5.76. The quantitative estimate of drug-likeness (QED) is 0.547. The number of benzene rings is 2. The molecule has 0 heterocycles. The Labute approximate surface area is 201 Å². The molecule has 0 aromatic heterocycles. The minimum absolute atomic E-state index is 0.0458. The zero-order chi connectivity index (χ0) is 24.9. The normalized spacial score (nSPS) is 14.1. The van der Waals surface area contributed by atoms with Crippen molar-refractivity contribution in [1.29, 1.82) is 0 Å². The maximum Gasteiger partial charge on any atom is 0.410 e. The van der Waals surface area contributed by atoms with E-state index in [9.17, 15) is 18.0 Å². The molecule has 182 valence electrons. The van der Waals surface area contributed by atoms with Crippen LogP contribution in [0, 0.1) is 0 Å². The molecule has 2 N–H and O–H groups in total. The molecule has 0 spiro atoms. The zero-order valence-electron chi connectivity index (χ0n) is 19.9. The predicted octanol–water partition coefficient (Wildman–Crippen LogP) is 4.15. The molecule has 8 nitrogen and oxygen atoms in total. The Morgan fingerprint density at radius 3 is 2.41 bits per heavy atom. The predicted molar refractivity (Wildman–Crippen MR) is 132 cm³/mol. The number of anilines is 1. The molecule has 0 aliphatic heterocycles. The molecule has 1 saturated carbocycles. The summed E-state index contributed by atoms with van der Waals surface area (Å²) in [4.78, 5) is 26.2. The molecular weight excluding hydrogens is 454 g/mol. The second kappa shape index (κ2) is 10.4. The zero-order valence-corrected chi connectivity index (χ0v) is 20.7. The van der Waals surface area contributed by atoms with E-state index < -0.39 is 21.7 Å². The third-order valence-corrected chi connectivity index (χ3v) is 6.37. The molecule has 9 heteroatoms. The van der Waals surface area contributed by atoms with Crippen LogP contribution in [0.3, 0.4) is 0 Å². The van der Waals surface area contributed by atoms with Crippen molar-refractivity contribution < 1.29 is 22.7 Å². The standard InChI is InChI=1S/C25H31N3O5S/c1-25(2,3)33-24(30)28(4)17-19-6-5-7-21(16-19)26-23(29)15-10-18-8-13-22(14-9-18)34(31,32)27-20-11-12-20/h5-10,13-16,20,27H,11-12,17H2,1-4H3,(H,26,29). The van der Waals surface area contributed by atoms with Gasteiger partial charge in [-0.05, 0) is 75.1 Å². The van der Waals surface area contributed by atoms with Gasteiger partial charge in [0.25, 0.3) is 0 Å². The van der Waals surface area contributed by atoms with Gasteiger partial charge in [-0.15, -0.1) is 0 Å². The first-order chi connectivity index (χ1) is 15.9. The lowest BCUT2D eigenvalue weighted by Crippen LogP contribution is -2.33. The van der Waals surface area contributed by atoms with Crippen LogP contribution in [0.5, 0.6) is 0 Å². The summed E-state index contributed by atoms with van der Waals surface area (Å²) in [5.74, 6) is -0.329. The molecule has 0 atom stereocenters. The lowest BCUT2D eigenvalue weighted by atomic mass is 10.2. The molecule has 1 aliphatic carbocycles. The number of carbonyl (C=O) groups is 2. The monoisotopic (exact) mass is 485 g/mol. The number of hydrogen-bond acceptors (Lipinski definition) is 5. The van der Waals surface area contributed by atoms with Crippen LogP contribution in [0.4, 0.5) is 10.5 Å². The van der Waals surface area contributed by atoms with Gasteiger partial charge in [-0.25, -0.2) is 17.9 Å². The molecule has 1 fully saturated rings. The van der Waals surface area contributed by atoms with E-state index in [1.807, 2.05) is 26.8 Å². The highest BCUT2D eigenvalue weighted by molar-refractivity contribution is 7.89. The van der Waals surface area contributed by atoms with Crippen molar-refractivity contribution in [3.63, 3.8) is 0 Å². The minimum atomic E-state index is -3.50. The average Bonchev–Trinajstić information content (AvgIpc) is 3.55. The van der Waals surface area contributed by atoms with Crippen LogP contribution in [0.1, 0.15) is 44.7 Å². The Bertz CT molecular complexity index is 1160. The van der Waals surface area contributed by atoms with Crippen LogP contribution in [-0.4, -0.2) is 44.0 Å². The Morgan fingerprint density at radius 1 is 1.12 bits per heavy atom. The Kier molecular flexibility index (Phi) is 7.78. The molecule has 0 unspecified atom stereocenters. The number of ether oxygens (including phenoxy) is 1. The summed E-state index contributed by atoms with van der Waals surface area (Å²) in [5.41, 5.74) is 1.56. The van der Waals surface area contributed by atoms with E-state index in [2.05, 4.69) is 10.0 Å². The highest BCUT2D eigenvalue weighted by atomic mass is 32.2. The Hall–Kier alpha value is -3.17. The molecule has 3 rings (SSSR count). The number of carbonyl (C=O) groups excluding carboxylic acids is 2. The Morgan fingerprint density at radius 2 is 1.79 bits per heavy atom. The lowest BCUT2D eigenvalue weighted by Gasteiger charge is -2.24. The maximum atomic E-state index is 12.4. The van der Waals surface area contributed by atoms with E-state index in [0.29, 0.717) is 17.8 Å². The first-order valence-corrected chi connectivity index (χ1v) is 12.5. The van der Waals surface area contributed by atoms with Gasteiger partial charge in [0.2, 0.25) is 15.9 Å². The van der Waals surface area contributed by atoms with Gasteiger partial charge in [0.15, 0.2) is 0 Å². The SMILES string of the molecule is CN(Cc1cccc(NC(=O)C=Cc2ccc(S(=O)(=O)NC3CC3)cc2)c1)C(=O)OC(C)(C)C. The molecule has 0 saturated heterocycles. The molecule has 1 aliphatic rings. The van der Waals surface area contributed by atoms with E-state index >= 15 is 0 Å². The van der Waals surface area contributed by atoms with Gasteiger partial charge in [0.05, 0.1) is 4.90 Å². The van der Waals surface area contributed by atoms with E-state index in [-0.39, 0.29) is 16.8 Å². The molecule has 2 aromatic rings. The van der Waals surface area contributed by atoms with Gasteiger partial charge >= 0.3 is 6.09 Å². The summed E-state index contributed by atoms with van der Waals surface area (Å²) in [6, 6.07) is 13.6. The van der Waals surface area contributed by atoms with Crippen molar-refractivity contribution in [1.82, 2.24) is 9.62 Å². The van der Waals surface area contributed by atoms with Gasteiger partial charge in [0.1, 0.15) is 5.60 Å². The van der Waals surface area contributed by atoms with Crippen LogP contribution in [0.15, 0.2) is 59.5 Å². The third kappa shape index (κ3) is 8.00. The number of nitrogens with zero attached hydrogens (tertiary/aromatic N) is 1. The van der Waals surface area contributed by atoms with Crippen molar-refractivity contribution in [2.45, 2.75) is 56.7 Å². The smallest absolute Gasteiger partial charge is 0.410 e. The lowest BCUT2D eigenvalue weighted by molar-refractivity contribution is -0.111. The minimum Gasteiger partial charge on any atom is -0.444 e. The topological polar surface area (TPSA) is 105 Å². The number of sulfonamides is 1. The second-order valence-electron chi connectivity index (χ2n) is 9.32. The highest BCUT2D eigenvalue weighted by Crippen LogP contribution is 2.22. The second-order valence-corrected chi connectivity index (χ2v) is 11.0. The van der Waals surface area contributed by atoms with Crippen molar-refractivity contribution in [3.05, 3.63) is 65.7 Å². The fourth-order valence-electron chi connectivity index (χ4n) is 3.03. The number of nitrogens with one attached hydrogen (secondary N) is 2. The molecular formula is C25H31N3O5S. The first-order valence-electron chi connectivity index (χ1n) is 11.1. The summed E-state index contributed by atoms with van der Waals surface area (Å²) in [5, 5.41) is 2.79. The van der Waals surface area contributed by atoms with Crippen LogP contribution in [0.25, 0.3) is 6.08 Å². The largest absolute Gasteiger partial charge is 0.444 e. The summed E-state index contributed by atoms with van der Waals surface area (Å²) in [7, 11) is -1.85. The molecule has 34 heavy (non-hydrogen) atoms. The molecule has 0 bridgehead atoms. The molecule has 2 amide bonds. The van der Waals surface area contributed by atoms with Crippen LogP contribution in [0.2, 0.25) is 0 Å². The third-order valence-electron chi connectivity index (χ3n) is 4.84. The molecule has 2 aromatic carbocycles. The van der Waals surface area contributed by atoms with Crippen LogP contribution in [-0.2, 0) is 26.1 Å². The van der Waals surface area contributed by atoms with Gasteiger partial charge in [0, 0.05) is 31.4 Å². The fourth-order valence-corrected chi connectivity index (χ4v) is 4.33. The fraction of sp³-hybridized carbons (Fsp3) is 0.360. The highest BCUT2D eigenvalue weighted by Gasteiger charge is 2.27. The van der Waals surface area contributed by atoms with Gasteiger partial charge in [-0.2, -0.15) is 0 Å². The summed E-state index contributed by atoms with van der Waals surface area (Å²) >= 11 is 0. The van der Waals surface area contributed by atoms with Gasteiger partial charge in [-0.3, -0.25) is 4.79 Å². The van der Waals surface area contributed by atoms with Crippen LogP contribution >= 0.6 is 0 Å². The maximum absolute atomic E-state index is 12.4. The van der Waals surface area contributed by atoms with Crippen molar-refractivity contribution in [3.8, 4) is 0 Å². The average molecular weight is 486 g/mol. The van der Waals surface area contributed by atoms with Crippen molar-refractivity contribution in [2.75, 3.05) is 12.4 Å². The van der Waals surface area contributed by atoms with Crippen molar-refractivity contribution >= 4 is 33.8 Å². The number of amides is 2. The van der Waals surface area contributed by atoms with Crippen molar-refractivity contribution in [2.24, 2.45) is 0 Å². The summed E-state index contributed by atoms with van der Waals surface area (Å²) in [6.07, 6.45) is 4.31. The Balaban J connectivity index is 1.56. The van der Waals surface area contributed by atoms with E-state index in [4.69, 9.17) is 4.74 Å². The van der Waals surface area contributed by atoms with E-state index in [1.54, 1.807) is 43.5 Å². The molecule has 0 radical (unpaired) electrons.